The molecule has 3 aromatic heterocycles. The quantitative estimate of drug-likeness (QED) is 0.390. The maximum Gasteiger partial charge on any atom is 0.323 e. The van der Waals surface area contributed by atoms with Gasteiger partial charge in [-0.1, -0.05) is 45.9 Å². The summed E-state index contributed by atoms with van der Waals surface area (Å²) in [7, 11) is 1.64. The van der Waals surface area contributed by atoms with Gasteiger partial charge in [-0.3, -0.25) is 9.36 Å². The second kappa shape index (κ2) is 8.94. The van der Waals surface area contributed by atoms with Gasteiger partial charge in [0.1, 0.15) is 17.1 Å². The van der Waals surface area contributed by atoms with Gasteiger partial charge in [0.05, 0.1) is 11.8 Å². The van der Waals surface area contributed by atoms with Gasteiger partial charge in [-0.25, -0.2) is 9.78 Å². The number of para-hydroxylation sites is 1. The second-order valence-electron chi connectivity index (χ2n) is 8.67. The number of aromatic nitrogens is 2. The minimum atomic E-state index is -0.488. The third-order valence-corrected chi connectivity index (χ3v) is 5.76. The van der Waals surface area contributed by atoms with Crippen molar-refractivity contribution < 1.29 is 9.21 Å². The van der Waals surface area contributed by atoms with E-state index in [-0.39, 0.29) is 23.1 Å². The second-order valence-corrected chi connectivity index (χ2v) is 8.67. The fourth-order valence-corrected chi connectivity index (χ4v) is 4.11. The average molecular weight is 445 g/mol. The van der Waals surface area contributed by atoms with E-state index in [1.807, 2.05) is 24.3 Å². The molecule has 4 aromatic rings. The lowest BCUT2D eigenvalue weighted by Crippen LogP contribution is -2.29. The van der Waals surface area contributed by atoms with Crippen molar-refractivity contribution in [1.29, 1.82) is 0 Å². The summed E-state index contributed by atoms with van der Waals surface area (Å²) in [5.41, 5.74) is 3.63. The molecule has 4 rings (SSSR count). The molecule has 7 nitrogen and oxygen atoms in total. The topological polar surface area (TPSA) is 89.2 Å². The molecule has 33 heavy (non-hydrogen) atoms. The summed E-state index contributed by atoms with van der Waals surface area (Å²) in [4.78, 5) is 30.9. The predicted molar refractivity (Wildman–Crippen MR) is 132 cm³/mol. The number of hydrogen-bond donors (Lipinski definition) is 2. The summed E-state index contributed by atoms with van der Waals surface area (Å²) in [6.07, 6.45) is 3.16. The van der Waals surface area contributed by atoms with Crippen LogP contribution in [0.1, 0.15) is 50.7 Å². The van der Waals surface area contributed by atoms with E-state index in [9.17, 15) is 9.59 Å². The monoisotopic (exact) mass is 444 g/mol. The summed E-state index contributed by atoms with van der Waals surface area (Å²) in [6.45, 7) is 8.35. The fourth-order valence-electron chi connectivity index (χ4n) is 4.11. The first-order valence-electron chi connectivity index (χ1n) is 11.0. The Balaban J connectivity index is 1.82. The predicted octanol–water partition coefficient (Wildman–Crippen LogP) is 6.08. The van der Waals surface area contributed by atoms with Crippen LogP contribution < -0.4 is 16.2 Å². The van der Waals surface area contributed by atoms with Crippen LogP contribution in [-0.4, -0.2) is 15.6 Å². The van der Waals surface area contributed by atoms with Gasteiger partial charge in [-0.15, -0.1) is 0 Å². The average Bonchev–Trinajstić information content (AvgIpc) is 3.31. The number of aryl methyl sites for hydroxylation is 1. The van der Waals surface area contributed by atoms with Crippen molar-refractivity contribution in [3.63, 3.8) is 0 Å². The molecule has 0 radical (unpaired) electrons. The Hall–Kier alpha value is -3.87. The Kier molecular flexibility index (Phi) is 6.05. The number of fused-ring (bicyclic) bond motifs is 1. The maximum absolute atomic E-state index is 13.3. The van der Waals surface area contributed by atoms with Gasteiger partial charge in [-0.05, 0) is 47.2 Å². The van der Waals surface area contributed by atoms with Crippen LogP contribution in [0.15, 0.2) is 64.1 Å². The summed E-state index contributed by atoms with van der Waals surface area (Å²) in [6, 6.07) is 12.7. The van der Waals surface area contributed by atoms with Crippen molar-refractivity contribution in [2.45, 2.75) is 39.5 Å². The number of carbonyl (C=O) groups is 1. The molecule has 0 bridgehead atoms. The van der Waals surface area contributed by atoms with E-state index >= 15 is 0 Å². The van der Waals surface area contributed by atoms with Crippen LogP contribution in [-0.2, 0) is 7.05 Å². The smallest absolute Gasteiger partial charge is 0.323 e. The van der Waals surface area contributed by atoms with Crippen molar-refractivity contribution in [3.8, 4) is 11.3 Å². The highest BCUT2D eigenvalue weighted by Crippen LogP contribution is 2.34. The van der Waals surface area contributed by atoms with Crippen molar-refractivity contribution >= 4 is 28.4 Å². The number of nitrogens with zero attached hydrogens (tertiary/aromatic N) is 2. The summed E-state index contributed by atoms with van der Waals surface area (Å²) in [5, 5.41) is 6.53. The van der Waals surface area contributed by atoms with Crippen molar-refractivity contribution in [2.24, 2.45) is 7.05 Å². The van der Waals surface area contributed by atoms with Crippen LogP contribution in [0.3, 0.4) is 0 Å². The molecular formula is C26H28N4O3. The molecule has 1 aromatic carbocycles. The Bertz CT molecular complexity index is 1340. The fraction of sp³-hybridized carbons (Fsp3) is 0.269. The number of anilines is 2. The minimum Gasteiger partial charge on any atom is -0.464 e. The summed E-state index contributed by atoms with van der Waals surface area (Å²) < 4.78 is 7.05. The molecule has 3 heterocycles. The molecule has 0 saturated carbocycles. The van der Waals surface area contributed by atoms with Crippen molar-refractivity contribution in [3.05, 3.63) is 76.4 Å². The van der Waals surface area contributed by atoms with Crippen LogP contribution >= 0.6 is 0 Å². The van der Waals surface area contributed by atoms with E-state index in [0.717, 1.165) is 16.8 Å². The first-order valence-corrected chi connectivity index (χ1v) is 11.0. The molecule has 0 aliphatic heterocycles. The number of urea groups is 1. The largest absolute Gasteiger partial charge is 0.464 e. The number of rotatable bonds is 5. The Labute approximate surface area is 192 Å². The number of amides is 2. The molecule has 0 atom stereocenters. The van der Waals surface area contributed by atoms with E-state index in [1.54, 1.807) is 31.4 Å². The molecule has 170 valence electrons. The molecular weight excluding hydrogens is 416 g/mol. The molecule has 0 saturated heterocycles. The minimum absolute atomic E-state index is 0.138. The molecule has 2 amide bonds. The number of furan rings is 1. The zero-order chi connectivity index (χ0) is 23.7. The standard InChI is InChI=1S/C26H28N4O3/c1-15(2)17-9-6-10-18(16(3)4)22(17)28-26(32)29-23-21(20-12-8-14-33-20)19-11-7-13-27-24(19)30(5)25(23)31/h6-16H,1-5H3,(H2,28,29,32). The van der Waals surface area contributed by atoms with Gasteiger partial charge >= 0.3 is 6.03 Å². The van der Waals surface area contributed by atoms with Crippen molar-refractivity contribution in [2.75, 3.05) is 10.6 Å². The van der Waals surface area contributed by atoms with E-state index in [2.05, 4.69) is 43.3 Å². The van der Waals surface area contributed by atoms with Gasteiger partial charge in [0.25, 0.3) is 5.56 Å². The number of benzene rings is 1. The maximum atomic E-state index is 13.3. The van der Waals surface area contributed by atoms with Gasteiger partial charge in [0, 0.05) is 24.3 Å². The normalized spacial score (nSPS) is 11.4. The molecule has 0 unspecified atom stereocenters. The first kappa shape index (κ1) is 22.3. The molecule has 0 aliphatic rings. The SMILES string of the molecule is CC(C)c1cccc(C(C)C)c1NC(=O)Nc1c(-c2ccco2)c2cccnc2n(C)c1=O. The third kappa shape index (κ3) is 4.14. The number of carbonyl (C=O) groups excluding carboxylic acids is 1. The van der Waals surface area contributed by atoms with Crippen LogP contribution in [0, 0.1) is 0 Å². The highest BCUT2D eigenvalue weighted by molar-refractivity contribution is 6.07. The number of nitrogens with one attached hydrogen (secondary N) is 2. The van der Waals surface area contributed by atoms with E-state index in [1.165, 1.54) is 10.8 Å². The van der Waals surface area contributed by atoms with Crippen molar-refractivity contribution in [1.82, 2.24) is 9.55 Å². The molecule has 0 spiro atoms. The number of hydrogen-bond acceptors (Lipinski definition) is 4. The molecule has 2 N–H and O–H groups in total. The highest BCUT2D eigenvalue weighted by Gasteiger charge is 2.22. The first-order chi connectivity index (χ1) is 15.8. The zero-order valence-corrected chi connectivity index (χ0v) is 19.5. The molecule has 0 fully saturated rings. The van der Waals surface area contributed by atoms with E-state index < -0.39 is 6.03 Å². The third-order valence-electron chi connectivity index (χ3n) is 5.76. The summed E-state index contributed by atoms with van der Waals surface area (Å²) in [5.74, 6) is 0.918. The van der Waals surface area contributed by atoms with Gasteiger partial charge in [-0.2, -0.15) is 0 Å². The lowest BCUT2D eigenvalue weighted by atomic mass is 9.93. The molecule has 7 heteroatoms. The Morgan fingerprint density at radius 1 is 0.939 bits per heavy atom. The highest BCUT2D eigenvalue weighted by atomic mass is 16.3. The van der Waals surface area contributed by atoms with Crippen LogP contribution in [0.5, 0.6) is 0 Å². The Morgan fingerprint density at radius 3 is 2.21 bits per heavy atom. The van der Waals surface area contributed by atoms with Gasteiger partial charge < -0.3 is 15.1 Å². The lowest BCUT2D eigenvalue weighted by molar-refractivity contribution is 0.262. The van der Waals surface area contributed by atoms with Gasteiger partial charge in [0.2, 0.25) is 0 Å². The zero-order valence-electron chi connectivity index (χ0n) is 19.5. The van der Waals surface area contributed by atoms with Crippen LogP contribution in [0.25, 0.3) is 22.4 Å². The van der Waals surface area contributed by atoms with Crippen LogP contribution in [0.4, 0.5) is 16.2 Å². The Morgan fingerprint density at radius 2 is 1.61 bits per heavy atom. The van der Waals surface area contributed by atoms with E-state index in [0.29, 0.717) is 22.4 Å². The molecule has 0 aliphatic carbocycles. The van der Waals surface area contributed by atoms with Crippen LogP contribution in [0.2, 0.25) is 0 Å². The summed E-state index contributed by atoms with van der Waals surface area (Å²) >= 11 is 0. The number of pyridine rings is 2. The lowest BCUT2D eigenvalue weighted by Gasteiger charge is -2.21. The van der Waals surface area contributed by atoms with Gasteiger partial charge in [0.15, 0.2) is 0 Å². The van der Waals surface area contributed by atoms with E-state index in [4.69, 9.17) is 4.42 Å².